The number of ether oxygens (including phenoxy) is 1. The van der Waals surface area contributed by atoms with Crippen LogP contribution in [0.5, 0.6) is 0 Å². The number of nitrogens with zero attached hydrogens (tertiary/aromatic N) is 1. The number of nitrogens with one attached hydrogen (secondary N) is 1. The second-order valence-electron chi connectivity index (χ2n) is 8.87. The van der Waals surface area contributed by atoms with E-state index in [1.807, 2.05) is 24.3 Å². The lowest BCUT2D eigenvalue weighted by molar-refractivity contribution is -0.870. The molecule has 1 atom stereocenters. The van der Waals surface area contributed by atoms with E-state index >= 15 is 0 Å². The SMILES string of the molecule is C[N+](C)(C)CCCC[C@H](NC(=O)OCC1c2ccccc2-c2ccccc21)C(=O)O.[Cl-]. The number of unbranched alkanes of at least 4 members (excludes halogenated alkanes) is 1. The van der Waals surface area contributed by atoms with Crippen LogP contribution in [0.15, 0.2) is 48.5 Å². The number of carboxylic acids is 1. The monoisotopic (exact) mass is 446 g/mol. The molecule has 2 N–H and O–H groups in total. The number of carbonyl (C=O) groups is 2. The molecule has 2 aromatic carbocycles. The molecule has 0 saturated heterocycles. The molecule has 7 heteroatoms. The Kier molecular flexibility index (Phi) is 8.48. The maximum absolute atomic E-state index is 12.3. The van der Waals surface area contributed by atoms with Gasteiger partial charge in [0.1, 0.15) is 12.6 Å². The van der Waals surface area contributed by atoms with Gasteiger partial charge in [-0.3, -0.25) is 0 Å². The highest BCUT2D eigenvalue weighted by Gasteiger charge is 2.29. The zero-order chi connectivity index (χ0) is 21.7. The molecule has 0 aromatic heterocycles. The Bertz CT molecular complexity index is 865. The fraction of sp³-hybridized carbons (Fsp3) is 0.417. The minimum Gasteiger partial charge on any atom is -1.00 e. The van der Waals surface area contributed by atoms with Gasteiger partial charge in [0.15, 0.2) is 0 Å². The average molecular weight is 447 g/mol. The fourth-order valence-corrected chi connectivity index (χ4v) is 3.97. The number of rotatable bonds is 9. The average Bonchev–Trinajstić information content (AvgIpc) is 3.01. The Morgan fingerprint density at radius 1 is 1.00 bits per heavy atom. The topological polar surface area (TPSA) is 75.6 Å². The highest BCUT2D eigenvalue weighted by molar-refractivity contribution is 5.81. The molecule has 1 aliphatic carbocycles. The normalized spacial score (nSPS) is 13.5. The van der Waals surface area contributed by atoms with Gasteiger partial charge in [-0.15, -0.1) is 0 Å². The third-order valence-corrected chi connectivity index (χ3v) is 5.51. The van der Waals surface area contributed by atoms with Crippen molar-refractivity contribution in [2.75, 3.05) is 34.3 Å². The quantitative estimate of drug-likeness (QED) is 0.442. The number of benzene rings is 2. The number of quaternary nitrogens is 1. The van der Waals surface area contributed by atoms with Gasteiger partial charge in [0.05, 0.1) is 27.7 Å². The molecule has 168 valence electrons. The fourth-order valence-electron chi connectivity index (χ4n) is 3.97. The molecule has 1 amide bonds. The van der Waals surface area contributed by atoms with E-state index < -0.39 is 18.1 Å². The van der Waals surface area contributed by atoms with Crippen LogP contribution in [0.1, 0.15) is 36.3 Å². The van der Waals surface area contributed by atoms with Gasteiger partial charge in [-0.1, -0.05) is 48.5 Å². The van der Waals surface area contributed by atoms with E-state index in [1.54, 1.807) is 0 Å². The molecule has 0 unspecified atom stereocenters. The van der Waals surface area contributed by atoms with Gasteiger partial charge in [0.25, 0.3) is 0 Å². The highest BCUT2D eigenvalue weighted by atomic mass is 35.5. The van der Waals surface area contributed by atoms with Crippen LogP contribution >= 0.6 is 0 Å². The van der Waals surface area contributed by atoms with Crippen molar-refractivity contribution in [1.82, 2.24) is 5.32 Å². The lowest BCUT2D eigenvalue weighted by atomic mass is 9.98. The van der Waals surface area contributed by atoms with Crippen molar-refractivity contribution in [3.8, 4) is 11.1 Å². The van der Waals surface area contributed by atoms with Crippen molar-refractivity contribution in [3.63, 3.8) is 0 Å². The second kappa shape index (κ2) is 10.6. The summed E-state index contributed by atoms with van der Waals surface area (Å²) in [6.07, 6.45) is 1.34. The molecule has 3 rings (SSSR count). The van der Waals surface area contributed by atoms with Crippen molar-refractivity contribution in [1.29, 1.82) is 0 Å². The number of hydrogen-bond donors (Lipinski definition) is 2. The standard InChI is InChI=1S/C24H30N2O4.ClH/c1-26(2,3)15-9-8-14-22(23(27)28)25-24(29)30-16-21-19-12-6-4-10-17(19)18-11-5-7-13-20(18)21;/h4-7,10-13,21-22H,8-9,14-16H2,1-3H3,(H-,25,27,28,29);1H/t22-;/m0./s1. The zero-order valence-electron chi connectivity index (χ0n) is 18.3. The molecule has 0 fully saturated rings. The van der Waals surface area contributed by atoms with Crippen LogP contribution in [-0.2, 0) is 9.53 Å². The van der Waals surface area contributed by atoms with Crippen LogP contribution in [0.4, 0.5) is 4.79 Å². The summed E-state index contributed by atoms with van der Waals surface area (Å²) < 4.78 is 6.30. The number of amides is 1. The van der Waals surface area contributed by atoms with Crippen LogP contribution in [0, 0.1) is 0 Å². The first kappa shape index (κ1) is 24.7. The number of carboxylic acid groups (broad SMARTS) is 1. The van der Waals surface area contributed by atoms with Crippen LogP contribution < -0.4 is 17.7 Å². The second-order valence-corrected chi connectivity index (χ2v) is 8.87. The highest BCUT2D eigenvalue weighted by Crippen LogP contribution is 2.44. The summed E-state index contributed by atoms with van der Waals surface area (Å²) in [5.74, 6) is -1.08. The lowest BCUT2D eigenvalue weighted by Gasteiger charge is -2.24. The van der Waals surface area contributed by atoms with Gasteiger partial charge in [0.2, 0.25) is 0 Å². The van der Waals surface area contributed by atoms with E-state index in [0.29, 0.717) is 6.42 Å². The first-order chi connectivity index (χ1) is 14.3. The molecule has 0 radical (unpaired) electrons. The Morgan fingerprint density at radius 3 is 2.06 bits per heavy atom. The Labute approximate surface area is 190 Å². The first-order valence-electron chi connectivity index (χ1n) is 10.4. The largest absolute Gasteiger partial charge is 1.00 e. The van der Waals surface area contributed by atoms with Crippen LogP contribution in [0.3, 0.4) is 0 Å². The van der Waals surface area contributed by atoms with Gasteiger partial charge in [-0.25, -0.2) is 9.59 Å². The summed E-state index contributed by atoms with van der Waals surface area (Å²) in [4.78, 5) is 23.9. The smallest absolute Gasteiger partial charge is 0.407 e. The number of hydrogen-bond acceptors (Lipinski definition) is 3. The number of fused-ring (bicyclic) bond motifs is 3. The maximum atomic E-state index is 12.3. The van der Waals surface area contributed by atoms with Crippen LogP contribution in [-0.4, -0.2) is 62.0 Å². The summed E-state index contributed by atoms with van der Waals surface area (Å²) >= 11 is 0. The lowest BCUT2D eigenvalue weighted by Crippen LogP contribution is -3.00. The van der Waals surface area contributed by atoms with Gasteiger partial charge < -0.3 is 32.1 Å². The Balaban J connectivity index is 0.00000341. The minimum atomic E-state index is -1.03. The predicted molar refractivity (Wildman–Crippen MR) is 116 cm³/mol. The predicted octanol–water partition coefficient (Wildman–Crippen LogP) is 0.859. The van der Waals surface area contributed by atoms with Gasteiger partial charge in [0, 0.05) is 5.92 Å². The van der Waals surface area contributed by atoms with Crippen molar-refractivity contribution < 1.29 is 36.3 Å². The molecule has 0 bridgehead atoms. The first-order valence-corrected chi connectivity index (χ1v) is 10.4. The molecule has 0 saturated carbocycles. The van der Waals surface area contributed by atoms with E-state index in [9.17, 15) is 14.7 Å². The molecule has 0 heterocycles. The van der Waals surface area contributed by atoms with Crippen molar-refractivity contribution >= 4 is 12.1 Å². The maximum Gasteiger partial charge on any atom is 0.407 e. The number of carbonyl (C=O) groups excluding carboxylic acids is 1. The number of halogens is 1. The van der Waals surface area contributed by atoms with Crippen molar-refractivity contribution in [3.05, 3.63) is 59.7 Å². The molecule has 1 aliphatic rings. The van der Waals surface area contributed by atoms with E-state index in [-0.39, 0.29) is 24.9 Å². The number of aliphatic carboxylic acids is 1. The van der Waals surface area contributed by atoms with E-state index in [0.717, 1.165) is 46.1 Å². The van der Waals surface area contributed by atoms with Gasteiger partial charge in [-0.2, -0.15) is 0 Å². The molecule has 2 aromatic rings. The Hall–Kier alpha value is -2.57. The molecule has 0 aliphatic heterocycles. The summed E-state index contributed by atoms with van der Waals surface area (Å²) in [5.41, 5.74) is 4.56. The third-order valence-electron chi connectivity index (χ3n) is 5.51. The molecule has 0 spiro atoms. The molecule has 6 nitrogen and oxygen atoms in total. The molecular formula is C24H31ClN2O4. The Morgan fingerprint density at radius 2 is 1.55 bits per heavy atom. The summed E-state index contributed by atoms with van der Waals surface area (Å²) in [7, 11) is 6.30. The third kappa shape index (κ3) is 6.45. The summed E-state index contributed by atoms with van der Waals surface area (Å²) in [6.45, 7) is 1.13. The van der Waals surface area contributed by atoms with Crippen molar-refractivity contribution in [2.45, 2.75) is 31.2 Å². The summed E-state index contributed by atoms with van der Waals surface area (Å²) in [6, 6.07) is 15.3. The van der Waals surface area contributed by atoms with Crippen LogP contribution in [0.25, 0.3) is 11.1 Å². The van der Waals surface area contributed by atoms with E-state index in [1.165, 1.54) is 0 Å². The summed E-state index contributed by atoms with van der Waals surface area (Å²) in [5, 5.41) is 12.0. The minimum absolute atomic E-state index is 0. The van der Waals surface area contributed by atoms with Gasteiger partial charge in [-0.05, 0) is 41.5 Å². The zero-order valence-corrected chi connectivity index (χ0v) is 19.1. The van der Waals surface area contributed by atoms with E-state index in [2.05, 4.69) is 50.7 Å². The van der Waals surface area contributed by atoms with E-state index in [4.69, 9.17) is 4.74 Å². The molecular weight excluding hydrogens is 416 g/mol. The molecule has 31 heavy (non-hydrogen) atoms. The van der Waals surface area contributed by atoms with Crippen LogP contribution in [0.2, 0.25) is 0 Å². The van der Waals surface area contributed by atoms with Crippen molar-refractivity contribution in [2.24, 2.45) is 0 Å². The number of alkyl carbamates (subject to hydrolysis) is 1. The van der Waals surface area contributed by atoms with Gasteiger partial charge >= 0.3 is 12.1 Å².